The lowest BCUT2D eigenvalue weighted by Gasteiger charge is -2.22. The van der Waals surface area contributed by atoms with E-state index in [1.54, 1.807) is 0 Å². The van der Waals surface area contributed by atoms with Gasteiger partial charge in [-0.25, -0.2) is 0 Å². The molecule has 2 fully saturated rings. The van der Waals surface area contributed by atoms with E-state index in [4.69, 9.17) is 0 Å². The highest BCUT2D eigenvalue weighted by Gasteiger charge is 2.29. The summed E-state index contributed by atoms with van der Waals surface area (Å²) in [5, 5.41) is 11.7. The Kier molecular flexibility index (Phi) is 2.01. The number of piperidine rings is 1. The van der Waals surface area contributed by atoms with Crippen molar-refractivity contribution >= 4 is 0 Å². The molecule has 2 aliphatic rings. The van der Waals surface area contributed by atoms with Crippen molar-refractivity contribution in [1.82, 2.24) is 20.1 Å². The van der Waals surface area contributed by atoms with Crippen LogP contribution in [0.3, 0.4) is 0 Å². The molecule has 0 amide bonds. The second-order valence-electron chi connectivity index (χ2n) is 4.37. The quantitative estimate of drug-likeness (QED) is 0.762. The van der Waals surface area contributed by atoms with Gasteiger partial charge in [-0.05, 0) is 32.2 Å². The summed E-state index contributed by atoms with van der Waals surface area (Å²) in [4.78, 5) is 0. The van der Waals surface area contributed by atoms with Gasteiger partial charge in [0.05, 0.1) is 0 Å². The maximum absolute atomic E-state index is 4.27. The first-order valence-electron chi connectivity index (χ1n) is 5.55. The standard InChI is InChI=1S/C10H16N4/c1-2-8(6-11-5-1)10-13-12-7-14(10)9-3-4-9/h7-9,11H,1-6H2/t8-/m1/s1. The van der Waals surface area contributed by atoms with Crippen LogP contribution in [0.5, 0.6) is 0 Å². The van der Waals surface area contributed by atoms with E-state index in [1.165, 1.54) is 31.5 Å². The number of hydrogen-bond donors (Lipinski definition) is 1. The Labute approximate surface area is 83.7 Å². The van der Waals surface area contributed by atoms with Crippen molar-refractivity contribution in [2.45, 2.75) is 37.6 Å². The summed E-state index contributed by atoms with van der Waals surface area (Å²) in [6.45, 7) is 2.24. The van der Waals surface area contributed by atoms with E-state index in [0.29, 0.717) is 12.0 Å². The zero-order valence-electron chi connectivity index (χ0n) is 8.32. The van der Waals surface area contributed by atoms with E-state index in [-0.39, 0.29) is 0 Å². The van der Waals surface area contributed by atoms with E-state index in [1.807, 2.05) is 6.33 Å². The van der Waals surface area contributed by atoms with Crippen molar-refractivity contribution in [3.8, 4) is 0 Å². The molecule has 1 saturated carbocycles. The van der Waals surface area contributed by atoms with E-state index < -0.39 is 0 Å². The fourth-order valence-corrected chi connectivity index (χ4v) is 2.25. The van der Waals surface area contributed by atoms with Crippen LogP contribution in [0, 0.1) is 0 Å². The van der Waals surface area contributed by atoms with Gasteiger partial charge in [-0.2, -0.15) is 0 Å². The zero-order valence-corrected chi connectivity index (χ0v) is 8.32. The molecular formula is C10H16N4. The third kappa shape index (κ3) is 1.43. The summed E-state index contributed by atoms with van der Waals surface area (Å²) >= 11 is 0. The minimum absolute atomic E-state index is 0.590. The van der Waals surface area contributed by atoms with Crippen LogP contribution in [0.2, 0.25) is 0 Å². The van der Waals surface area contributed by atoms with Gasteiger partial charge in [0.1, 0.15) is 12.2 Å². The SMILES string of the molecule is c1nnc([C@@H]2CCCNC2)n1C1CC1. The molecule has 0 bridgehead atoms. The van der Waals surface area contributed by atoms with Crippen molar-refractivity contribution in [3.63, 3.8) is 0 Å². The van der Waals surface area contributed by atoms with E-state index in [2.05, 4.69) is 20.1 Å². The first-order valence-corrected chi connectivity index (χ1v) is 5.55. The Balaban J connectivity index is 1.82. The molecule has 1 aliphatic heterocycles. The van der Waals surface area contributed by atoms with Crippen LogP contribution in [0.4, 0.5) is 0 Å². The summed E-state index contributed by atoms with van der Waals surface area (Å²) in [5.41, 5.74) is 0. The van der Waals surface area contributed by atoms with Gasteiger partial charge in [-0.1, -0.05) is 0 Å². The molecule has 4 nitrogen and oxygen atoms in total. The number of nitrogens with one attached hydrogen (secondary N) is 1. The molecule has 0 unspecified atom stereocenters. The minimum Gasteiger partial charge on any atom is -0.316 e. The lowest BCUT2D eigenvalue weighted by molar-refractivity contribution is 0.432. The van der Waals surface area contributed by atoms with Crippen molar-refractivity contribution in [3.05, 3.63) is 12.2 Å². The number of rotatable bonds is 2. The summed E-state index contributed by atoms with van der Waals surface area (Å²) in [6, 6.07) is 0.710. The second-order valence-corrected chi connectivity index (χ2v) is 4.37. The Bertz CT molecular complexity index is 310. The lowest BCUT2D eigenvalue weighted by atomic mass is 9.99. The number of nitrogens with zero attached hydrogens (tertiary/aromatic N) is 3. The zero-order chi connectivity index (χ0) is 9.38. The second kappa shape index (κ2) is 3.35. The molecule has 2 heterocycles. The van der Waals surface area contributed by atoms with Gasteiger partial charge in [-0.3, -0.25) is 0 Å². The lowest BCUT2D eigenvalue weighted by Crippen LogP contribution is -2.30. The monoisotopic (exact) mass is 192 g/mol. The molecule has 1 N–H and O–H groups in total. The Morgan fingerprint density at radius 2 is 2.29 bits per heavy atom. The van der Waals surface area contributed by atoms with Gasteiger partial charge in [0, 0.05) is 18.5 Å². The van der Waals surface area contributed by atoms with Gasteiger partial charge in [0.25, 0.3) is 0 Å². The predicted octanol–water partition coefficient (Wildman–Crippen LogP) is 1.08. The van der Waals surface area contributed by atoms with Crippen molar-refractivity contribution in [2.75, 3.05) is 13.1 Å². The molecule has 1 aromatic rings. The summed E-state index contributed by atoms with van der Waals surface area (Å²) in [7, 11) is 0. The molecule has 1 aromatic heterocycles. The molecule has 1 aliphatic carbocycles. The largest absolute Gasteiger partial charge is 0.316 e. The van der Waals surface area contributed by atoms with E-state index in [9.17, 15) is 0 Å². The minimum atomic E-state index is 0.590. The average Bonchev–Trinajstić information content (AvgIpc) is 2.98. The maximum Gasteiger partial charge on any atom is 0.137 e. The molecule has 14 heavy (non-hydrogen) atoms. The van der Waals surface area contributed by atoms with Gasteiger partial charge < -0.3 is 9.88 Å². The van der Waals surface area contributed by atoms with Crippen LogP contribution in [0.15, 0.2) is 6.33 Å². The predicted molar refractivity (Wildman–Crippen MR) is 53.1 cm³/mol. The van der Waals surface area contributed by atoms with Crippen molar-refractivity contribution < 1.29 is 0 Å². The molecule has 4 heteroatoms. The third-order valence-electron chi connectivity index (χ3n) is 3.20. The molecular weight excluding hydrogens is 176 g/mol. The Morgan fingerprint density at radius 1 is 1.36 bits per heavy atom. The molecule has 3 rings (SSSR count). The van der Waals surface area contributed by atoms with Crippen molar-refractivity contribution in [2.24, 2.45) is 0 Å². The molecule has 76 valence electrons. The van der Waals surface area contributed by atoms with E-state index >= 15 is 0 Å². The summed E-state index contributed by atoms with van der Waals surface area (Å²) < 4.78 is 2.29. The van der Waals surface area contributed by atoms with Crippen molar-refractivity contribution in [1.29, 1.82) is 0 Å². The number of aromatic nitrogens is 3. The van der Waals surface area contributed by atoms with Crippen LogP contribution in [0.1, 0.15) is 43.5 Å². The first-order chi connectivity index (χ1) is 6.95. The highest BCUT2D eigenvalue weighted by Crippen LogP contribution is 2.37. The highest BCUT2D eigenvalue weighted by atomic mass is 15.3. The Morgan fingerprint density at radius 3 is 3.00 bits per heavy atom. The van der Waals surface area contributed by atoms with Gasteiger partial charge in [-0.15, -0.1) is 10.2 Å². The van der Waals surface area contributed by atoms with E-state index in [0.717, 1.165) is 13.1 Å². The average molecular weight is 192 g/mol. The number of hydrogen-bond acceptors (Lipinski definition) is 3. The Hall–Kier alpha value is -0.900. The van der Waals surface area contributed by atoms with Crippen LogP contribution < -0.4 is 5.32 Å². The molecule has 0 aromatic carbocycles. The fourth-order valence-electron chi connectivity index (χ4n) is 2.25. The van der Waals surface area contributed by atoms with Gasteiger partial charge in [0.2, 0.25) is 0 Å². The molecule has 0 spiro atoms. The smallest absolute Gasteiger partial charge is 0.137 e. The third-order valence-corrected chi connectivity index (χ3v) is 3.20. The maximum atomic E-state index is 4.27. The first kappa shape index (κ1) is 8.41. The fraction of sp³-hybridized carbons (Fsp3) is 0.800. The normalized spacial score (nSPS) is 27.9. The summed E-state index contributed by atoms with van der Waals surface area (Å²) in [5.74, 6) is 1.80. The van der Waals surface area contributed by atoms with Crippen LogP contribution in [0.25, 0.3) is 0 Å². The topological polar surface area (TPSA) is 42.7 Å². The van der Waals surface area contributed by atoms with Gasteiger partial charge in [0.15, 0.2) is 0 Å². The molecule has 0 radical (unpaired) electrons. The van der Waals surface area contributed by atoms with Gasteiger partial charge >= 0.3 is 0 Å². The van der Waals surface area contributed by atoms with Crippen LogP contribution in [-0.4, -0.2) is 27.9 Å². The van der Waals surface area contributed by atoms with Crippen LogP contribution in [-0.2, 0) is 0 Å². The molecule has 1 saturated heterocycles. The highest BCUT2D eigenvalue weighted by molar-refractivity contribution is 5.03. The molecule has 1 atom stereocenters. The summed E-state index contributed by atoms with van der Waals surface area (Å²) in [6.07, 6.45) is 7.05. The van der Waals surface area contributed by atoms with Crippen LogP contribution >= 0.6 is 0 Å².